The van der Waals surface area contributed by atoms with E-state index in [-0.39, 0.29) is 5.82 Å². The summed E-state index contributed by atoms with van der Waals surface area (Å²) in [6.07, 6.45) is 0.928. The first-order chi connectivity index (χ1) is 5.74. The molecular weight excluding hydrogens is 223 g/mol. The lowest BCUT2D eigenvalue weighted by molar-refractivity contribution is 0.315. The summed E-state index contributed by atoms with van der Waals surface area (Å²) in [7, 11) is 0. The van der Waals surface area contributed by atoms with Crippen LogP contribution >= 0.6 is 15.9 Å². The first-order valence-corrected chi connectivity index (χ1v) is 4.61. The van der Waals surface area contributed by atoms with Gasteiger partial charge in [-0.3, -0.25) is 0 Å². The molecule has 0 saturated carbocycles. The molecule has 1 nitrogen and oxygen atoms in total. The lowest BCUT2D eigenvalue weighted by Crippen LogP contribution is -1.95. The number of hydrogen-bond acceptors (Lipinski definition) is 1. The molecule has 12 heavy (non-hydrogen) atoms. The van der Waals surface area contributed by atoms with E-state index in [1.165, 1.54) is 6.07 Å². The Labute approximate surface area is 79.7 Å². The number of benzene rings is 1. The molecule has 0 bridgehead atoms. The largest absolute Gasteiger partial charge is 0.494 e. The summed E-state index contributed by atoms with van der Waals surface area (Å²) in [4.78, 5) is 0. The van der Waals surface area contributed by atoms with Gasteiger partial charge in [-0.15, -0.1) is 0 Å². The third-order valence-electron chi connectivity index (χ3n) is 1.36. The van der Waals surface area contributed by atoms with Gasteiger partial charge in [0.2, 0.25) is 0 Å². The number of halogens is 2. The van der Waals surface area contributed by atoms with E-state index in [1.54, 1.807) is 12.1 Å². The van der Waals surface area contributed by atoms with Gasteiger partial charge in [-0.1, -0.05) is 6.92 Å². The standard InChI is InChI=1S/C9H10BrFO/c1-2-5-12-7-3-4-8(10)9(11)6-7/h3-4,6H,2,5H2,1H3. The Morgan fingerprint density at radius 1 is 1.50 bits per heavy atom. The highest BCUT2D eigenvalue weighted by Gasteiger charge is 2.00. The van der Waals surface area contributed by atoms with Crippen molar-refractivity contribution in [1.82, 2.24) is 0 Å². The Kier molecular flexibility index (Phi) is 3.53. The third kappa shape index (κ3) is 2.48. The SMILES string of the molecule is CCCOc1ccc(Br)c(F)c1. The minimum atomic E-state index is -0.288. The van der Waals surface area contributed by atoms with Gasteiger partial charge in [0.15, 0.2) is 0 Å². The highest BCUT2D eigenvalue weighted by molar-refractivity contribution is 9.10. The third-order valence-corrected chi connectivity index (χ3v) is 2.01. The van der Waals surface area contributed by atoms with E-state index >= 15 is 0 Å². The molecule has 0 amide bonds. The molecule has 0 fully saturated rings. The maximum atomic E-state index is 12.9. The normalized spacial score (nSPS) is 9.92. The zero-order valence-electron chi connectivity index (χ0n) is 6.81. The Balaban J connectivity index is 2.69. The van der Waals surface area contributed by atoms with Crippen molar-refractivity contribution in [2.45, 2.75) is 13.3 Å². The summed E-state index contributed by atoms with van der Waals surface area (Å²) >= 11 is 3.07. The van der Waals surface area contributed by atoms with Gasteiger partial charge in [0.05, 0.1) is 11.1 Å². The van der Waals surface area contributed by atoms with Crippen LogP contribution in [0.5, 0.6) is 5.75 Å². The highest BCUT2D eigenvalue weighted by atomic mass is 79.9. The smallest absolute Gasteiger partial charge is 0.141 e. The molecule has 0 heterocycles. The van der Waals surface area contributed by atoms with Crippen LogP contribution in [-0.4, -0.2) is 6.61 Å². The van der Waals surface area contributed by atoms with Crippen LogP contribution in [0.2, 0.25) is 0 Å². The van der Waals surface area contributed by atoms with Gasteiger partial charge in [-0.25, -0.2) is 4.39 Å². The Morgan fingerprint density at radius 2 is 2.25 bits per heavy atom. The Bertz CT molecular complexity index is 263. The molecule has 0 atom stereocenters. The van der Waals surface area contributed by atoms with Crippen molar-refractivity contribution in [3.63, 3.8) is 0 Å². The first kappa shape index (κ1) is 9.52. The van der Waals surface area contributed by atoms with E-state index in [0.29, 0.717) is 16.8 Å². The molecule has 1 rings (SSSR count). The predicted molar refractivity (Wildman–Crippen MR) is 49.9 cm³/mol. The average Bonchev–Trinajstić information content (AvgIpc) is 2.07. The van der Waals surface area contributed by atoms with Crippen molar-refractivity contribution in [2.24, 2.45) is 0 Å². The molecule has 0 aliphatic heterocycles. The van der Waals surface area contributed by atoms with Crippen molar-refractivity contribution < 1.29 is 9.13 Å². The molecule has 0 saturated heterocycles. The van der Waals surface area contributed by atoms with Crippen LogP contribution in [0.1, 0.15) is 13.3 Å². The zero-order valence-corrected chi connectivity index (χ0v) is 8.40. The Morgan fingerprint density at radius 3 is 2.83 bits per heavy atom. The van der Waals surface area contributed by atoms with Crippen LogP contribution in [0.4, 0.5) is 4.39 Å². The Hall–Kier alpha value is -0.570. The van der Waals surface area contributed by atoms with Crippen molar-refractivity contribution in [3.05, 3.63) is 28.5 Å². The summed E-state index contributed by atoms with van der Waals surface area (Å²) in [5, 5.41) is 0. The topological polar surface area (TPSA) is 9.23 Å². The molecule has 1 aromatic rings. The van der Waals surface area contributed by atoms with Crippen LogP contribution in [0.25, 0.3) is 0 Å². The molecule has 0 aliphatic carbocycles. The van der Waals surface area contributed by atoms with E-state index in [4.69, 9.17) is 4.74 Å². The average molecular weight is 233 g/mol. The minimum Gasteiger partial charge on any atom is -0.494 e. The van der Waals surface area contributed by atoms with Gasteiger partial charge >= 0.3 is 0 Å². The number of hydrogen-bond donors (Lipinski definition) is 0. The van der Waals surface area contributed by atoms with Gasteiger partial charge in [0.1, 0.15) is 11.6 Å². The van der Waals surface area contributed by atoms with Gasteiger partial charge in [0, 0.05) is 6.07 Å². The van der Waals surface area contributed by atoms with Crippen molar-refractivity contribution in [2.75, 3.05) is 6.61 Å². The van der Waals surface area contributed by atoms with Crippen LogP contribution in [-0.2, 0) is 0 Å². The van der Waals surface area contributed by atoms with Gasteiger partial charge in [0.25, 0.3) is 0 Å². The molecule has 0 unspecified atom stereocenters. The fraction of sp³-hybridized carbons (Fsp3) is 0.333. The molecule has 1 aromatic carbocycles. The van der Waals surface area contributed by atoms with Crippen LogP contribution in [0.3, 0.4) is 0 Å². The van der Waals surface area contributed by atoms with Crippen molar-refractivity contribution in [1.29, 1.82) is 0 Å². The van der Waals surface area contributed by atoms with E-state index in [1.807, 2.05) is 6.92 Å². The van der Waals surface area contributed by atoms with Gasteiger partial charge in [-0.05, 0) is 34.5 Å². The van der Waals surface area contributed by atoms with Gasteiger partial charge < -0.3 is 4.74 Å². The predicted octanol–water partition coefficient (Wildman–Crippen LogP) is 3.38. The fourth-order valence-electron chi connectivity index (χ4n) is 0.787. The molecule has 66 valence electrons. The van der Waals surface area contributed by atoms with E-state index in [0.717, 1.165) is 6.42 Å². The molecule has 0 radical (unpaired) electrons. The van der Waals surface area contributed by atoms with Crippen molar-refractivity contribution >= 4 is 15.9 Å². The highest BCUT2D eigenvalue weighted by Crippen LogP contribution is 2.20. The van der Waals surface area contributed by atoms with Crippen LogP contribution < -0.4 is 4.74 Å². The second kappa shape index (κ2) is 4.45. The lowest BCUT2D eigenvalue weighted by Gasteiger charge is -2.04. The summed E-state index contributed by atoms with van der Waals surface area (Å²) < 4.78 is 18.6. The van der Waals surface area contributed by atoms with E-state index < -0.39 is 0 Å². The summed E-state index contributed by atoms with van der Waals surface area (Å²) in [6.45, 7) is 2.64. The summed E-state index contributed by atoms with van der Waals surface area (Å²) in [6, 6.07) is 4.75. The minimum absolute atomic E-state index is 0.288. The molecule has 0 aromatic heterocycles. The number of ether oxygens (including phenoxy) is 1. The molecule has 3 heteroatoms. The lowest BCUT2D eigenvalue weighted by atomic mass is 10.3. The van der Waals surface area contributed by atoms with Crippen LogP contribution in [0, 0.1) is 5.82 Å². The molecule has 0 aliphatic rings. The van der Waals surface area contributed by atoms with E-state index in [2.05, 4.69) is 15.9 Å². The van der Waals surface area contributed by atoms with Crippen molar-refractivity contribution in [3.8, 4) is 5.75 Å². The van der Waals surface area contributed by atoms with Crippen LogP contribution in [0.15, 0.2) is 22.7 Å². The zero-order chi connectivity index (χ0) is 8.97. The second-order valence-corrected chi connectivity index (χ2v) is 3.28. The molecular formula is C9H10BrFO. The summed E-state index contributed by atoms with van der Waals surface area (Å²) in [5.41, 5.74) is 0. The van der Waals surface area contributed by atoms with E-state index in [9.17, 15) is 4.39 Å². The van der Waals surface area contributed by atoms with Gasteiger partial charge in [-0.2, -0.15) is 0 Å². The fourth-order valence-corrected chi connectivity index (χ4v) is 1.03. The quantitative estimate of drug-likeness (QED) is 0.777. The number of rotatable bonds is 3. The molecule has 0 spiro atoms. The second-order valence-electron chi connectivity index (χ2n) is 2.42. The maximum Gasteiger partial charge on any atom is 0.141 e. The summed E-state index contributed by atoms with van der Waals surface area (Å²) in [5.74, 6) is 0.293. The molecule has 0 N–H and O–H groups in total. The monoisotopic (exact) mass is 232 g/mol. The maximum absolute atomic E-state index is 12.9. The first-order valence-electron chi connectivity index (χ1n) is 3.82.